The molecular formula is C13H21N3O2. The minimum atomic E-state index is -0.166. The van der Waals surface area contributed by atoms with E-state index in [0.29, 0.717) is 6.42 Å². The lowest BCUT2D eigenvalue weighted by atomic mass is 9.96. The fourth-order valence-electron chi connectivity index (χ4n) is 2.63. The molecule has 2 rings (SSSR count). The first-order valence-electron chi connectivity index (χ1n) is 6.55. The number of nitrogens with two attached hydrogens (primary N) is 1. The molecular weight excluding hydrogens is 230 g/mol. The molecule has 0 spiro atoms. The van der Waals surface area contributed by atoms with Gasteiger partial charge in [0.15, 0.2) is 0 Å². The predicted octanol–water partition coefficient (Wildman–Crippen LogP) is 1.81. The van der Waals surface area contributed by atoms with Crippen molar-refractivity contribution in [1.82, 2.24) is 10.1 Å². The first-order valence-corrected chi connectivity index (χ1v) is 6.55. The van der Waals surface area contributed by atoms with Crippen molar-refractivity contribution in [3.63, 3.8) is 0 Å². The molecule has 0 bridgehead atoms. The van der Waals surface area contributed by atoms with Gasteiger partial charge in [0, 0.05) is 24.6 Å². The van der Waals surface area contributed by atoms with Crippen LogP contribution in [0.2, 0.25) is 0 Å². The first kappa shape index (κ1) is 13.1. The van der Waals surface area contributed by atoms with E-state index in [0.717, 1.165) is 24.2 Å². The van der Waals surface area contributed by atoms with Crippen LogP contribution in [-0.2, 0) is 4.79 Å². The summed E-state index contributed by atoms with van der Waals surface area (Å²) >= 11 is 0. The maximum Gasteiger partial charge on any atom is 0.224 e. The number of rotatable bonds is 4. The smallest absolute Gasteiger partial charge is 0.224 e. The molecule has 0 radical (unpaired) electrons. The number of amides is 1. The van der Waals surface area contributed by atoms with Crippen LogP contribution in [0.1, 0.15) is 56.8 Å². The third-order valence-electron chi connectivity index (χ3n) is 3.43. The van der Waals surface area contributed by atoms with Crippen LogP contribution < -0.4 is 5.73 Å². The Morgan fingerprint density at radius 2 is 2.33 bits per heavy atom. The van der Waals surface area contributed by atoms with Crippen molar-refractivity contribution >= 4 is 5.91 Å². The van der Waals surface area contributed by atoms with Gasteiger partial charge in [0.2, 0.25) is 5.91 Å². The van der Waals surface area contributed by atoms with Gasteiger partial charge >= 0.3 is 0 Å². The number of hydrogen-bond acceptors (Lipinski definition) is 4. The number of carbonyl (C=O) groups is 1. The van der Waals surface area contributed by atoms with Gasteiger partial charge < -0.3 is 15.2 Å². The predicted molar refractivity (Wildman–Crippen MR) is 67.9 cm³/mol. The van der Waals surface area contributed by atoms with E-state index in [-0.39, 0.29) is 23.9 Å². The van der Waals surface area contributed by atoms with Crippen molar-refractivity contribution in [1.29, 1.82) is 0 Å². The van der Waals surface area contributed by atoms with Crippen LogP contribution in [0.25, 0.3) is 0 Å². The van der Waals surface area contributed by atoms with Gasteiger partial charge in [0.1, 0.15) is 6.26 Å². The third kappa shape index (κ3) is 2.14. The fourth-order valence-corrected chi connectivity index (χ4v) is 2.63. The highest BCUT2D eigenvalue weighted by atomic mass is 16.5. The molecule has 0 saturated carbocycles. The summed E-state index contributed by atoms with van der Waals surface area (Å²) in [4.78, 5) is 13.8. The van der Waals surface area contributed by atoms with Crippen LogP contribution in [0.4, 0.5) is 0 Å². The lowest BCUT2D eigenvalue weighted by Gasteiger charge is -2.26. The summed E-state index contributed by atoms with van der Waals surface area (Å²) in [6.07, 6.45) is 2.98. The Kier molecular flexibility index (Phi) is 3.71. The van der Waals surface area contributed by atoms with Gasteiger partial charge in [0.05, 0.1) is 11.7 Å². The normalized spacial score (nSPS) is 24.3. The van der Waals surface area contributed by atoms with Crippen LogP contribution in [-0.4, -0.2) is 28.6 Å². The van der Waals surface area contributed by atoms with Gasteiger partial charge in [-0.1, -0.05) is 25.9 Å². The molecule has 1 saturated heterocycles. The fraction of sp³-hybridized carbons (Fsp3) is 0.692. The molecule has 2 heterocycles. The Balaban J connectivity index is 2.34. The number of likely N-dealkylation sites (tertiary alicyclic amines) is 1. The van der Waals surface area contributed by atoms with E-state index in [2.05, 4.69) is 25.9 Å². The Labute approximate surface area is 107 Å². The highest BCUT2D eigenvalue weighted by Gasteiger charge is 2.40. The zero-order valence-electron chi connectivity index (χ0n) is 11.2. The lowest BCUT2D eigenvalue weighted by Crippen LogP contribution is -2.34. The average Bonchev–Trinajstić information content (AvgIpc) is 2.85. The number of aromatic nitrogens is 1. The molecule has 1 aromatic heterocycles. The van der Waals surface area contributed by atoms with Crippen LogP contribution in [0.15, 0.2) is 10.8 Å². The van der Waals surface area contributed by atoms with Gasteiger partial charge in [-0.3, -0.25) is 4.79 Å². The summed E-state index contributed by atoms with van der Waals surface area (Å²) in [5, 5.41) is 4.05. The first-order chi connectivity index (χ1) is 8.56. The molecule has 5 heteroatoms. The van der Waals surface area contributed by atoms with Crippen LogP contribution in [0, 0.1) is 0 Å². The number of carbonyl (C=O) groups excluding carboxylic acids is 1. The Morgan fingerprint density at radius 1 is 1.61 bits per heavy atom. The monoisotopic (exact) mass is 251 g/mol. The van der Waals surface area contributed by atoms with Gasteiger partial charge in [0.25, 0.3) is 0 Å². The zero-order valence-corrected chi connectivity index (χ0v) is 11.2. The van der Waals surface area contributed by atoms with E-state index in [1.54, 1.807) is 6.26 Å². The SMILES string of the molecule is CCCN1C(=O)C[C@H](N)[C@H]1c1conc1C(C)C. The van der Waals surface area contributed by atoms with Crippen molar-refractivity contribution < 1.29 is 9.32 Å². The van der Waals surface area contributed by atoms with Gasteiger partial charge in [-0.05, 0) is 12.3 Å². The Hall–Kier alpha value is -1.36. The molecule has 1 fully saturated rings. The third-order valence-corrected chi connectivity index (χ3v) is 3.43. The highest BCUT2D eigenvalue weighted by molar-refractivity contribution is 5.80. The van der Waals surface area contributed by atoms with E-state index in [4.69, 9.17) is 10.3 Å². The molecule has 2 atom stereocenters. The minimum Gasteiger partial charge on any atom is -0.364 e. The molecule has 2 N–H and O–H groups in total. The molecule has 0 aliphatic carbocycles. The minimum absolute atomic E-state index is 0.0823. The molecule has 100 valence electrons. The molecule has 1 amide bonds. The van der Waals surface area contributed by atoms with Crippen molar-refractivity contribution in [2.45, 2.75) is 51.6 Å². The van der Waals surface area contributed by atoms with Gasteiger partial charge in [-0.25, -0.2) is 0 Å². The van der Waals surface area contributed by atoms with Crippen LogP contribution >= 0.6 is 0 Å². The second-order valence-corrected chi connectivity index (χ2v) is 5.21. The van der Waals surface area contributed by atoms with E-state index in [1.807, 2.05) is 4.90 Å². The topological polar surface area (TPSA) is 72.4 Å². The standard InChI is InChI=1S/C13H21N3O2/c1-4-5-16-11(17)6-10(14)13(16)9-7-18-15-12(9)8(2)3/h7-8,10,13H,4-6,14H2,1-3H3/t10-,13+/m0/s1. The van der Waals surface area contributed by atoms with Crippen molar-refractivity contribution in [3.05, 3.63) is 17.5 Å². The largest absolute Gasteiger partial charge is 0.364 e. The van der Waals surface area contributed by atoms with E-state index >= 15 is 0 Å². The molecule has 1 aromatic rings. The summed E-state index contributed by atoms with van der Waals surface area (Å²) in [6.45, 7) is 6.92. The summed E-state index contributed by atoms with van der Waals surface area (Å²) in [5.74, 6) is 0.399. The van der Waals surface area contributed by atoms with Gasteiger partial charge in [-0.15, -0.1) is 0 Å². The maximum atomic E-state index is 12.0. The second-order valence-electron chi connectivity index (χ2n) is 5.21. The van der Waals surface area contributed by atoms with E-state index in [9.17, 15) is 4.79 Å². The van der Waals surface area contributed by atoms with E-state index < -0.39 is 0 Å². The summed E-state index contributed by atoms with van der Waals surface area (Å²) in [7, 11) is 0. The molecule has 18 heavy (non-hydrogen) atoms. The number of nitrogens with zero attached hydrogens (tertiary/aromatic N) is 2. The molecule has 5 nitrogen and oxygen atoms in total. The quantitative estimate of drug-likeness (QED) is 0.885. The van der Waals surface area contributed by atoms with Crippen LogP contribution in [0.3, 0.4) is 0 Å². The zero-order chi connectivity index (χ0) is 13.3. The molecule has 1 aliphatic rings. The second kappa shape index (κ2) is 5.10. The van der Waals surface area contributed by atoms with Crippen LogP contribution in [0.5, 0.6) is 0 Å². The van der Waals surface area contributed by atoms with Crippen molar-refractivity contribution in [2.75, 3.05) is 6.54 Å². The summed E-state index contributed by atoms with van der Waals surface area (Å²) < 4.78 is 5.09. The molecule has 1 aliphatic heterocycles. The van der Waals surface area contributed by atoms with Crippen molar-refractivity contribution in [2.24, 2.45) is 5.73 Å². The highest BCUT2D eigenvalue weighted by Crippen LogP contribution is 2.35. The summed E-state index contributed by atoms with van der Waals surface area (Å²) in [5.41, 5.74) is 8.00. The Bertz CT molecular complexity index is 428. The lowest BCUT2D eigenvalue weighted by molar-refractivity contribution is -0.129. The summed E-state index contributed by atoms with van der Waals surface area (Å²) in [6, 6.07) is -0.248. The van der Waals surface area contributed by atoms with Crippen molar-refractivity contribution in [3.8, 4) is 0 Å². The number of hydrogen-bond donors (Lipinski definition) is 1. The molecule has 0 aromatic carbocycles. The molecule has 0 unspecified atom stereocenters. The van der Waals surface area contributed by atoms with Gasteiger partial charge in [-0.2, -0.15) is 0 Å². The van der Waals surface area contributed by atoms with E-state index in [1.165, 1.54) is 0 Å². The maximum absolute atomic E-state index is 12.0. The Morgan fingerprint density at radius 3 is 2.94 bits per heavy atom. The average molecular weight is 251 g/mol.